The van der Waals surface area contributed by atoms with Crippen molar-refractivity contribution >= 4 is 35.2 Å². The second kappa shape index (κ2) is 9.54. The van der Waals surface area contributed by atoms with E-state index in [4.69, 9.17) is 11.6 Å². The molecule has 0 aliphatic carbocycles. The summed E-state index contributed by atoms with van der Waals surface area (Å²) in [5.74, 6) is -0.938. The van der Waals surface area contributed by atoms with Gasteiger partial charge in [0, 0.05) is 5.75 Å². The molecule has 26 heavy (non-hydrogen) atoms. The Hall–Kier alpha value is -2.12. The van der Waals surface area contributed by atoms with Crippen LogP contribution in [0.4, 0.5) is 0 Å². The summed E-state index contributed by atoms with van der Waals surface area (Å²) in [6.45, 7) is 3.77. The Bertz CT molecular complexity index is 772. The summed E-state index contributed by atoms with van der Waals surface area (Å²) in [5.41, 5.74) is 1.08. The third kappa shape index (κ3) is 6.00. The van der Waals surface area contributed by atoms with E-state index in [1.807, 2.05) is 44.2 Å². The van der Waals surface area contributed by atoms with Crippen LogP contribution in [0.2, 0.25) is 5.02 Å². The summed E-state index contributed by atoms with van der Waals surface area (Å²) in [7, 11) is 0. The third-order valence-corrected chi connectivity index (χ3v) is 4.67. The maximum Gasteiger partial charge on any atom is 0.326 e. The average molecular weight is 394 g/mol. The number of carbonyl (C=O) groups is 2. The Morgan fingerprint density at radius 2 is 1.96 bits per heavy atom. The van der Waals surface area contributed by atoms with Crippen molar-refractivity contribution in [1.82, 2.24) is 15.3 Å². The first-order valence-electron chi connectivity index (χ1n) is 8.09. The molecule has 0 aliphatic rings. The second-order valence-corrected chi connectivity index (χ2v) is 7.47. The monoisotopic (exact) mass is 393 g/mol. The molecule has 1 aromatic carbocycles. The molecule has 0 radical (unpaired) electrons. The third-order valence-electron chi connectivity index (χ3n) is 3.46. The first-order valence-corrected chi connectivity index (χ1v) is 9.46. The highest BCUT2D eigenvalue weighted by Gasteiger charge is 2.24. The molecule has 2 aromatic rings. The van der Waals surface area contributed by atoms with Gasteiger partial charge in [0.2, 0.25) is 0 Å². The highest BCUT2D eigenvalue weighted by molar-refractivity contribution is 7.98. The number of aromatic nitrogens is 2. The van der Waals surface area contributed by atoms with E-state index in [-0.39, 0.29) is 16.6 Å². The van der Waals surface area contributed by atoms with Crippen LogP contribution < -0.4 is 5.32 Å². The molecule has 6 nitrogen and oxygen atoms in total. The molecule has 0 saturated heterocycles. The number of carboxylic acids is 1. The zero-order chi connectivity index (χ0) is 19.1. The number of thioether (sulfide) groups is 1. The van der Waals surface area contributed by atoms with Gasteiger partial charge in [0.1, 0.15) is 6.04 Å². The first-order chi connectivity index (χ1) is 12.4. The number of hydrogen-bond donors (Lipinski definition) is 2. The van der Waals surface area contributed by atoms with Gasteiger partial charge >= 0.3 is 5.97 Å². The number of benzene rings is 1. The van der Waals surface area contributed by atoms with Gasteiger partial charge in [-0.25, -0.2) is 14.8 Å². The number of rotatable bonds is 8. The van der Waals surface area contributed by atoms with Gasteiger partial charge in [-0.05, 0) is 17.9 Å². The molecule has 0 spiro atoms. The molecule has 2 rings (SSSR count). The molecule has 138 valence electrons. The van der Waals surface area contributed by atoms with Crippen LogP contribution in [0.25, 0.3) is 0 Å². The molecular weight excluding hydrogens is 374 g/mol. The number of aliphatic carboxylic acids is 1. The minimum Gasteiger partial charge on any atom is -0.480 e. The van der Waals surface area contributed by atoms with E-state index in [1.54, 1.807) is 0 Å². The lowest BCUT2D eigenvalue weighted by atomic mass is 10.0. The Labute approximate surface area is 161 Å². The summed E-state index contributed by atoms with van der Waals surface area (Å²) >= 11 is 7.41. The molecule has 0 saturated carbocycles. The topological polar surface area (TPSA) is 92.2 Å². The fourth-order valence-electron chi connectivity index (χ4n) is 2.22. The molecule has 1 amide bonds. The molecule has 1 atom stereocenters. The number of nitrogens with one attached hydrogen (secondary N) is 1. The number of halogens is 1. The molecule has 1 unspecified atom stereocenters. The average Bonchev–Trinajstić information content (AvgIpc) is 2.60. The summed E-state index contributed by atoms with van der Waals surface area (Å²) in [6, 6.07) is 8.80. The predicted molar refractivity (Wildman–Crippen MR) is 101 cm³/mol. The number of hydrogen-bond acceptors (Lipinski definition) is 5. The van der Waals surface area contributed by atoms with Crippen molar-refractivity contribution in [2.24, 2.45) is 5.92 Å². The van der Waals surface area contributed by atoms with Crippen molar-refractivity contribution in [1.29, 1.82) is 0 Å². The highest BCUT2D eigenvalue weighted by Crippen LogP contribution is 2.22. The lowest BCUT2D eigenvalue weighted by Gasteiger charge is -2.16. The Balaban J connectivity index is 2.10. The largest absolute Gasteiger partial charge is 0.480 e. The molecule has 2 N–H and O–H groups in total. The Morgan fingerprint density at radius 1 is 1.27 bits per heavy atom. The fraction of sp³-hybridized carbons (Fsp3) is 0.333. The van der Waals surface area contributed by atoms with E-state index >= 15 is 0 Å². The molecule has 0 fully saturated rings. The van der Waals surface area contributed by atoms with E-state index in [0.29, 0.717) is 17.3 Å². The van der Waals surface area contributed by atoms with Crippen molar-refractivity contribution in [2.75, 3.05) is 0 Å². The lowest BCUT2D eigenvalue weighted by molar-refractivity contribution is -0.139. The fourth-order valence-corrected chi connectivity index (χ4v) is 3.17. The molecule has 0 bridgehead atoms. The van der Waals surface area contributed by atoms with Crippen LogP contribution in [0.15, 0.2) is 41.7 Å². The first kappa shape index (κ1) is 20.2. The predicted octanol–water partition coefficient (Wildman–Crippen LogP) is 3.65. The SMILES string of the molecule is CC(C)CC(NC(=O)c1nc(SCc2ccccc2)ncc1Cl)C(=O)O. The van der Waals surface area contributed by atoms with Crippen LogP contribution in [0.1, 0.15) is 36.3 Å². The van der Waals surface area contributed by atoms with Crippen molar-refractivity contribution in [3.63, 3.8) is 0 Å². The van der Waals surface area contributed by atoms with Crippen LogP contribution in [0.5, 0.6) is 0 Å². The zero-order valence-corrected chi connectivity index (χ0v) is 16.0. The van der Waals surface area contributed by atoms with Gasteiger partial charge in [-0.15, -0.1) is 0 Å². The van der Waals surface area contributed by atoms with Crippen molar-refractivity contribution in [3.05, 3.63) is 52.8 Å². The molecule has 1 heterocycles. The van der Waals surface area contributed by atoms with Gasteiger partial charge in [0.25, 0.3) is 5.91 Å². The van der Waals surface area contributed by atoms with Gasteiger partial charge < -0.3 is 10.4 Å². The normalized spacial score (nSPS) is 12.0. The second-order valence-electron chi connectivity index (χ2n) is 6.12. The number of nitrogens with zero attached hydrogens (tertiary/aromatic N) is 2. The summed E-state index contributed by atoms with van der Waals surface area (Å²) < 4.78 is 0. The van der Waals surface area contributed by atoms with Crippen molar-refractivity contribution < 1.29 is 14.7 Å². The van der Waals surface area contributed by atoms with Gasteiger partial charge in [-0.1, -0.05) is 67.5 Å². The number of amides is 1. The minimum absolute atomic E-state index is 0.0211. The van der Waals surface area contributed by atoms with Crippen LogP contribution in [0, 0.1) is 5.92 Å². The van der Waals surface area contributed by atoms with Gasteiger partial charge in [0.05, 0.1) is 11.2 Å². The molecule has 8 heteroatoms. The highest BCUT2D eigenvalue weighted by atomic mass is 35.5. The quantitative estimate of drug-likeness (QED) is 0.525. The molecule has 0 aliphatic heterocycles. The summed E-state index contributed by atoms with van der Waals surface area (Å²) in [4.78, 5) is 32.1. The molecule has 1 aromatic heterocycles. The van der Waals surface area contributed by atoms with E-state index in [9.17, 15) is 14.7 Å². The Kier molecular flexibility index (Phi) is 7.41. The number of carboxylic acid groups (broad SMARTS) is 1. The van der Waals surface area contributed by atoms with Crippen LogP contribution in [0.3, 0.4) is 0 Å². The lowest BCUT2D eigenvalue weighted by Crippen LogP contribution is -2.42. The Morgan fingerprint density at radius 3 is 2.58 bits per heavy atom. The minimum atomic E-state index is -1.09. The van der Waals surface area contributed by atoms with Crippen LogP contribution >= 0.6 is 23.4 Å². The van der Waals surface area contributed by atoms with E-state index in [1.165, 1.54) is 18.0 Å². The van der Waals surface area contributed by atoms with E-state index in [0.717, 1.165) is 5.56 Å². The summed E-state index contributed by atoms with van der Waals surface area (Å²) in [6.07, 6.45) is 1.68. The smallest absolute Gasteiger partial charge is 0.326 e. The van der Waals surface area contributed by atoms with Crippen LogP contribution in [-0.2, 0) is 10.5 Å². The van der Waals surface area contributed by atoms with Gasteiger partial charge in [-0.2, -0.15) is 0 Å². The van der Waals surface area contributed by atoms with Gasteiger partial charge in [-0.3, -0.25) is 4.79 Å². The van der Waals surface area contributed by atoms with Crippen LogP contribution in [-0.4, -0.2) is 33.0 Å². The van der Waals surface area contributed by atoms with Gasteiger partial charge in [0.15, 0.2) is 10.9 Å². The van der Waals surface area contributed by atoms with Crippen molar-refractivity contribution in [2.45, 2.75) is 37.2 Å². The maximum atomic E-state index is 12.4. The summed E-state index contributed by atoms with van der Waals surface area (Å²) in [5, 5.41) is 12.2. The van der Waals surface area contributed by atoms with E-state index < -0.39 is 17.9 Å². The van der Waals surface area contributed by atoms with E-state index in [2.05, 4.69) is 15.3 Å². The van der Waals surface area contributed by atoms with Crippen molar-refractivity contribution in [3.8, 4) is 0 Å². The standard InChI is InChI=1S/C18H20ClN3O3S/c1-11(2)8-14(17(24)25)21-16(23)15-13(19)9-20-18(22-15)26-10-12-6-4-3-5-7-12/h3-7,9,11,14H,8,10H2,1-2H3,(H,21,23)(H,24,25). The number of carbonyl (C=O) groups excluding carboxylic acids is 1. The zero-order valence-electron chi connectivity index (χ0n) is 14.5. The molecular formula is C18H20ClN3O3S. The maximum absolute atomic E-state index is 12.4.